The van der Waals surface area contributed by atoms with Crippen LogP contribution in [0, 0.1) is 10.1 Å². The quantitative estimate of drug-likeness (QED) is 0.269. The lowest BCUT2D eigenvalue weighted by molar-refractivity contribution is -0.384. The number of furan rings is 1. The number of methoxy groups -OCH3 is 2. The van der Waals surface area contributed by atoms with E-state index in [-0.39, 0.29) is 11.2 Å². The van der Waals surface area contributed by atoms with Gasteiger partial charge in [0.05, 0.1) is 19.1 Å². The molecule has 11 heteroatoms. The van der Waals surface area contributed by atoms with E-state index in [4.69, 9.17) is 13.9 Å². The molecule has 0 unspecified atom stereocenters. The predicted molar refractivity (Wildman–Crippen MR) is 125 cm³/mol. The average molecular weight is 476 g/mol. The smallest absolute Gasteiger partial charge is 0.291 e. The van der Waals surface area contributed by atoms with E-state index < -0.39 is 4.92 Å². The third kappa shape index (κ3) is 3.77. The van der Waals surface area contributed by atoms with Gasteiger partial charge in [-0.2, -0.15) is 9.50 Å². The number of nitrogens with zero attached hydrogens (tertiary/aromatic N) is 4. The molecule has 5 aromatic rings. The number of ether oxygens (including phenoxy) is 2. The molecule has 0 fully saturated rings. The van der Waals surface area contributed by atoms with Crippen LogP contribution < -0.4 is 19.6 Å². The molecule has 3 heterocycles. The van der Waals surface area contributed by atoms with Gasteiger partial charge in [0, 0.05) is 29.3 Å². The van der Waals surface area contributed by atoms with Crippen LogP contribution in [0.5, 0.6) is 11.5 Å². The Balaban J connectivity index is 1.48. The van der Waals surface area contributed by atoms with Gasteiger partial charge in [0.15, 0.2) is 17.3 Å². The molecule has 2 aromatic carbocycles. The van der Waals surface area contributed by atoms with E-state index in [1.54, 1.807) is 55.7 Å². The van der Waals surface area contributed by atoms with Crippen molar-refractivity contribution in [1.82, 2.24) is 14.6 Å². The minimum atomic E-state index is -0.464. The molecule has 0 saturated carbocycles. The van der Waals surface area contributed by atoms with Crippen LogP contribution in [0.3, 0.4) is 0 Å². The van der Waals surface area contributed by atoms with Gasteiger partial charge in [-0.15, -0.1) is 5.10 Å². The molecule has 0 aliphatic rings. The molecule has 0 aliphatic heterocycles. The summed E-state index contributed by atoms with van der Waals surface area (Å²) in [6.45, 7) is 0. The highest BCUT2D eigenvalue weighted by Crippen LogP contribution is 2.31. The maximum Gasteiger partial charge on any atom is 0.291 e. The minimum absolute atomic E-state index is 0.0305. The first-order chi connectivity index (χ1) is 16.5. The molecule has 0 spiro atoms. The number of fused-ring (bicyclic) bond motifs is 1. The first kappa shape index (κ1) is 21.3. The second kappa shape index (κ2) is 8.45. The van der Waals surface area contributed by atoms with Crippen LogP contribution in [-0.4, -0.2) is 33.7 Å². The lowest BCUT2D eigenvalue weighted by Crippen LogP contribution is -2.23. The Morgan fingerprint density at radius 2 is 1.88 bits per heavy atom. The van der Waals surface area contributed by atoms with Gasteiger partial charge < -0.3 is 13.9 Å². The van der Waals surface area contributed by atoms with E-state index in [0.717, 1.165) is 0 Å². The number of rotatable bonds is 6. The van der Waals surface area contributed by atoms with E-state index in [9.17, 15) is 14.9 Å². The molecule has 3 aromatic heterocycles. The fourth-order valence-electron chi connectivity index (χ4n) is 3.42. The number of thiazole rings is 1. The van der Waals surface area contributed by atoms with Crippen LogP contribution in [0.25, 0.3) is 33.7 Å². The zero-order valence-electron chi connectivity index (χ0n) is 17.9. The Bertz CT molecular complexity index is 1650. The molecule has 10 nitrogen and oxygen atoms in total. The fraction of sp³-hybridized carbons (Fsp3) is 0.0870. The topological polar surface area (TPSA) is 122 Å². The van der Waals surface area contributed by atoms with Gasteiger partial charge in [-0.1, -0.05) is 23.5 Å². The Morgan fingerprint density at radius 1 is 1.06 bits per heavy atom. The van der Waals surface area contributed by atoms with Crippen LogP contribution in [0.4, 0.5) is 5.69 Å². The molecule has 0 aliphatic carbocycles. The summed E-state index contributed by atoms with van der Waals surface area (Å²) in [6.07, 6.45) is 1.60. The van der Waals surface area contributed by atoms with Crippen LogP contribution in [0.15, 0.2) is 63.8 Å². The van der Waals surface area contributed by atoms with Crippen LogP contribution in [0.1, 0.15) is 5.76 Å². The number of hydrogen-bond acceptors (Lipinski definition) is 9. The molecule has 0 saturated heterocycles. The fourth-order valence-corrected chi connectivity index (χ4v) is 4.31. The van der Waals surface area contributed by atoms with Gasteiger partial charge in [0.25, 0.3) is 11.2 Å². The van der Waals surface area contributed by atoms with E-state index in [2.05, 4.69) is 10.1 Å². The first-order valence-corrected chi connectivity index (χ1v) is 10.8. The Kier molecular flexibility index (Phi) is 5.30. The summed E-state index contributed by atoms with van der Waals surface area (Å²) in [6, 6.07) is 14.8. The molecular weight excluding hydrogens is 460 g/mol. The Morgan fingerprint density at radius 3 is 2.62 bits per heavy atom. The molecule has 0 radical (unpaired) electrons. The summed E-state index contributed by atoms with van der Waals surface area (Å²) in [5, 5.41) is 15.4. The summed E-state index contributed by atoms with van der Waals surface area (Å²) in [5.41, 5.74) is 0.897. The monoisotopic (exact) mass is 476 g/mol. The van der Waals surface area contributed by atoms with Gasteiger partial charge in [-0.25, -0.2) is 0 Å². The molecular formula is C23H16N4O6S. The highest BCUT2D eigenvalue weighted by Gasteiger charge is 2.15. The summed E-state index contributed by atoms with van der Waals surface area (Å²) >= 11 is 1.18. The Labute approximate surface area is 195 Å². The van der Waals surface area contributed by atoms with Crippen molar-refractivity contribution in [2.24, 2.45) is 0 Å². The molecule has 0 bridgehead atoms. The van der Waals surface area contributed by atoms with E-state index in [1.165, 1.54) is 35.1 Å². The van der Waals surface area contributed by atoms with Gasteiger partial charge in [0.2, 0.25) is 4.96 Å². The van der Waals surface area contributed by atoms with Crippen molar-refractivity contribution in [2.75, 3.05) is 14.2 Å². The lowest BCUT2D eigenvalue weighted by Gasteiger charge is -2.07. The van der Waals surface area contributed by atoms with Crippen molar-refractivity contribution >= 4 is 28.1 Å². The van der Waals surface area contributed by atoms with Crippen LogP contribution in [0.2, 0.25) is 0 Å². The number of non-ortho nitro benzene ring substituents is 1. The maximum absolute atomic E-state index is 12.9. The normalized spacial score (nSPS) is 11.8. The second-order valence-corrected chi connectivity index (χ2v) is 8.13. The molecule has 34 heavy (non-hydrogen) atoms. The third-order valence-corrected chi connectivity index (χ3v) is 6.02. The van der Waals surface area contributed by atoms with Crippen LogP contribution in [-0.2, 0) is 0 Å². The molecule has 0 amide bonds. The van der Waals surface area contributed by atoms with E-state index in [1.807, 2.05) is 0 Å². The lowest BCUT2D eigenvalue weighted by atomic mass is 10.1. The largest absolute Gasteiger partial charge is 0.493 e. The van der Waals surface area contributed by atoms with Crippen molar-refractivity contribution in [3.63, 3.8) is 0 Å². The standard InChI is InChI=1S/C23H16N4O6S/c1-31-18-8-6-14(11-19(18)32-2)21-24-23-26(25-21)22(28)20(34-23)12-16-7-9-17(33-16)13-4-3-5-15(10-13)27(29)30/h3-12H,1-2H3/b20-12-. The summed E-state index contributed by atoms with van der Waals surface area (Å²) in [5.74, 6) is 2.39. The van der Waals surface area contributed by atoms with Crippen molar-refractivity contribution in [1.29, 1.82) is 0 Å². The summed E-state index contributed by atoms with van der Waals surface area (Å²) < 4.78 is 18.0. The van der Waals surface area contributed by atoms with Gasteiger partial charge in [-0.05, 0) is 30.3 Å². The summed E-state index contributed by atoms with van der Waals surface area (Å²) in [7, 11) is 3.09. The number of hydrogen-bond donors (Lipinski definition) is 0. The third-order valence-electron chi connectivity index (χ3n) is 5.07. The van der Waals surface area contributed by atoms with Gasteiger partial charge in [0.1, 0.15) is 16.1 Å². The van der Waals surface area contributed by atoms with Crippen molar-refractivity contribution in [3.05, 3.63) is 85.4 Å². The molecule has 170 valence electrons. The summed E-state index contributed by atoms with van der Waals surface area (Å²) in [4.78, 5) is 28.3. The first-order valence-electron chi connectivity index (χ1n) is 9.95. The number of nitro benzene ring substituents is 1. The zero-order valence-corrected chi connectivity index (χ0v) is 18.7. The second-order valence-electron chi connectivity index (χ2n) is 7.12. The SMILES string of the molecule is COc1ccc(-c2nc3s/c(=C\c4ccc(-c5cccc([N+](=O)[O-])c5)o4)c(=O)n3n2)cc1OC. The van der Waals surface area contributed by atoms with Crippen molar-refractivity contribution in [3.8, 4) is 34.2 Å². The highest BCUT2D eigenvalue weighted by atomic mass is 32.1. The maximum atomic E-state index is 12.9. The zero-order chi connectivity index (χ0) is 23.8. The average Bonchev–Trinajstić information content (AvgIpc) is 3.56. The van der Waals surface area contributed by atoms with E-state index >= 15 is 0 Å². The van der Waals surface area contributed by atoms with Gasteiger partial charge >= 0.3 is 0 Å². The van der Waals surface area contributed by atoms with E-state index in [0.29, 0.717) is 49.5 Å². The molecule has 0 N–H and O–H groups in total. The number of aromatic nitrogens is 3. The minimum Gasteiger partial charge on any atom is -0.493 e. The predicted octanol–water partition coefficient (Wildman–Crippen LogP) is 3.55. The van der Waals surface area contributed by atoms with Crippen LogP contribution >= 0.6 is 11.3 Å². The molecule has 5 rings (SSSR count). The highest BCUT2D eigenvalue weighted by molar-refractivity contribution is 7.15. The van der Waals surface area contributed by atoms with Crippen molar-refractivity contribution < 1.29 is 18.8 Å². The number of benzene rings is 2. The Hall–Kier alpha value is -4.51. The van der Waals surface area contributed by atoms with Crippen molar-refractivity contribution in [2.45, 2.75) is 0 Å². The number of nitro groups is 1. The van der Waals surface area contributed by atoms with Gasteiger partial charge in [-0.3, -0.25) is 14.9 Å². The molecule has 0 atom stereocenters.